The maximum absolute atomic E-state index is 5.69. The van der Waals surface area contributed by atoms with Gasteiger partial charge in [0.25, 0.3) is 0 Å². The standard InChI is InChI=1S/C16H19NO2/c1-2-18-15-8-6-13(7-9-15)10-11-19-16-5-3-4-14(17)12-16/h3-9,12H,2,10-11,17H2,1H3. The number of benzene rings is 2. The lowest BCUT2D eigenvalue weighted by Gasteiger charge is -2.08. The topological polar surface area (TPSA) is 44.5 Å². The third-order valence-corrected chi connectivity index (χ3v) is 2.75. The predicted molar refractivity (Wildman–Crippen MR) is 77.7 cm³/mol. The van der Waals surface area contributed by atoms with Crippen LogP contribution in [0.25, 0.3) is 0 Å². The molecule has 2 rings (SSSR count). The van der Waals surface area contributed by atoms with E-state index in [1.54, 1.807) is 0 Å². The van der Waals surface area contributed by atoms with Gasteiger partial charge in [0.2, 0.25) is 0 Å². The highest BCUT2D eigenvalue weighted by Crippen LogP contribution is 2.16. The van der Waals surface area contributed by atoms with Gasteiger partial charge in [-0.15, -0.1) is 0 Å². The fourth-order valence-electron chi connectivity index (χ4n) is 1.81. The summed E-state index contributed by atoms with van der Waals surface area (Å²) in [4.78, 5) is 0. The summed E-state index contributed by atoms with van der Waals surface area (Å²) in [5, 5.41) is 0. The number of ether oxygens (including phenoxy) is 2. The predicted octanol–water partition coefficient (Wildman–Crippen LogP) is 3.29. The van der Waals surface area contributed by atoms with Crippen LogP contribution in [-0.4, -0.2) is 13.2 Å². The van der Waals surface area contributed by atoms with Crippen molar-refractivity contribution in [2.24, 2.45) is 0 Å². The van der Waals surface area contributed by atoms with Crippen LogP contribution in [-0.2, 0) is 6.42 Å². The minimum absolute atomic E-state index is 0.636. The summed E-state index contributed by atoms with van der Waals surface area (Å²) in [6, 6.07) is 15.6. The van der Waals surface area contributed by atoms with E-state index in [9.17, 15) is 0 Å². The number of nitrogens with two attached hydrogens (primary N) is 1. The van der Waals surface area contributed by atoms with Crippen molar-refractivity contribution in [3.8, 4) is 11.5 Å². The van der Waals surface area contributed by atoms with Gasteiger partial charge < -0.3 is 15.2 Å². The van der Waals surface area contributed by atoms with Gasteiger partial charge in [0.05, 0.1) is 13.2 Å². The summed E-state index contributed by atoms with van der Waals surface area (Å²) in [7, 11) is 0. The molecule has 0 aliphatic heterocycles. The second-order valence-corrected chi connectivity index (χ2v) is 4.25. The molecule has 3 nitrogen and oxygen atoms in total. The van der Waals surface area contributed by atoms with E-state index in [2.05, 4.69) is 12.1 Å². The van der Waals surface area contributed by atoms with Gasteiger partial charge in [-0.3, -0.25) is 0 Å². The quantitative estimate of drug-likeness (QED) is 0.808. The molecule has 0 aliphatic carbocycles. The van der Waals surface area contributed by atoms with E-state index in [0.29, 0.717) is 13.2 Å². The van der Waals surface area contributed by atoms with Crippen molar-refractivity contribution in [1.29, 1.82) is 0 Å². The molecule has 0 aliphatic rings. The highest BCUT2D eigenvalue weighted by molar-refractivity contribution is 5.43. The molecule has 3 heteroatoms. The molecule has 0 saturated carbocycles. The molecule has 0 fully saturated rings. The third kappa shape index (κ3) is 4.21. The van der Waals surface area contributed by atoms with Gasteiger partial charge in [-0.05, 0) is 36.8 Å². The van der Waals surface area contributed by atoms with Crippen LogP contribution in [0.2, 0.25) is 0 Å². The van der Waals surface area contributed by atoms with Gasteiger partial charge in [-0.1, -0.05) is 18.2 Å². The van der Waals surface area contributed by atoms with Crippen LogP contribution in [0.3, 0.4) is 0 Å². The lowest BCUT2D eigenvalue weighted by atomic mass is 10.1. The lowest BCUT2D eigenvalue weighted by Crippen LogP contribution is -2.01. The molecule has 0 radical (unpaired) electrons. The van der Waals surface area contributed by atoms with Crippen molar-refractivity contribution in [2.75, 3.05) is 18.9 Å². The molecule has 100 valence electrons. The second kappa shape index (κ2) is 6.69. The van der Waals surface area contributed by atoms with Gasteiger partial charge in [0.1, 0.15) is 11.5 Å². The number of anilines is 1. The van der Waals surface area contributed by atoms with Gasteiger partial charge in [-0.25, -0.2) is 0 Å². The van der Waals surface area contributed by atoms with E-state index >= 15 is 0 Å². The van der Waals surface area contributed by atoms with Crippen LogP contribution in [0.5, 0.6) is 11.5 Å². The summed E-state index contributed by atoms with van der Waals surface area (Å²) in [5.41, 5.74) is 7.64. The van der Waals surface area contributed by atoms with Crippen molar-refractivity contribution < 1.29 is 9.47 Å². The van der Waals surface area contributed by atoms with Crippen molar-refractivity contribution in [3.63, 3.8) is 0 Å². The van der Waals surface area contributed by atoms with E-state index in [1.807, 2.05) is 43.3 Å². The Kier molecular flexibility index (Phi) is 4.67. The zero-order valence-electron chi connectivity index (χ0n) is 11.1. The highest BCUT2D eigenvalue weighted by Gasteiger charge is 1.97. The summed E-state index contributed by atoms with van der Waals surface area (Å²) in [5.74, 6) is 1.72. The normalized spacial score (nSPS) is 10.2. The Hall–Kier alpha value is -2.16. The average Bonchev–Trinajstić information content (AvgIpc) is 2.41. The first-order valence-electron chi connectivity index (χ1n) is 6.48. The van der Waals surface area contributed by atoms with Gasteiger partial charge in [0.15, 0.2) is 0 Å². The van der Waals surface area contributed by atoms with Crippen LogP contribution in [0.4, 0.5) is 5.69 Å². The van der Waals surface area contributed by atoms with Crippen LogP contribution >= 0.6 is 0 Å². The van der Waals surface area contributed by atoms with Gasteiger partial charge in [0, 0.05) is 18.2 Å². The van der Waals surface area contributed by atoms with Crippen molar-refractivity contribution in [3.05, 3.63) is 54.1 Å². The molecular weight excluding hydrogens is 238 g/mol. The number of hydrogen-bond acceptors (Lipinski definition) is 3. The van der Waals surface area contributed by atoms with E-state index in [-0.39, 0.29) is 0 Å². The van der Waals surface area contributed by atoms with Gasteiger partial charge in [-0.2, -0.15) is 0 Å². The number of nitrogen functional groups attached to an aromatic ring is 1. The molecule has 0 unspecified atom stereocenters. The molecule has 0 atom stereocenters. The Morgan fingerprint density at radius 1 is 0.947 bits per heavy atom. The summed E-state index contributed by atoms with van der Waals surface area (Å²) in [6.07, 6.45) is 0.862. The molecule has 2 aromatic rings. The molecule has 0 aromatic heterocycles. The van der Waals surface area contributed by atoms with Crippen LogP contribution < -0.4 is 15.2 Å². The maximum Gasteiger partial charge on any atom is 0.121 e. The highest BCUT2D eigenvalue weighted by atomic mass is 16.5. The second-order valence-electron chi connectivity index (χ2n) is 4.25. The molecule has 19 heavy (non-hydrogen) atoms. The zero-order valence-corrected chi connectivity index (χ0v) is 11.1. The SMILES string of the molecule is CCOc1ccc(CCOc2cccc(N)c2)cc1. The molecule has 0 heterocycles. The first-order valence-corrected chi connectivity index (χ1v) is 6.48. The summed E-state index contributed by atoms with van der Waals surface area (Å²) >= 11 is 0. The Balaban J connectivity index is 1.82. The smallest absolute Gasteiger partial charge is 0.121 e. The minimum Gasteiger partial charge on any atom is -0.494 e. The average molecular weight is 257 g/mol. The van der Waals surface area contributed by atoms with Crippen LogP contribution in [0.1, 0.15) is 12.5 Å². The molecule has 0 bridgehead atoms. The van der Waals surface area contributed by atoms with E-state index in [0.717, 1.165) is 23.6 Å². The van der Waals surface area contributed by atoms with E-state index in [1.165, 1.54) is 5.56 Å². The number of rotatable bonds is 6. The maximum atomic E-state index is 5.69. The zero-order chi connectivity index (χ0) is 13.5. The molecule has 0 spiro atoms. The first-order chi connectivity index (χ1) is 9.28. The molecular formula is C16H19NO2. The third-order valence-electron chi connectivity index (χ3n) is 2.75. The molecule has 0 saturated heterocycles. The fourth-order valence-corrected chi connectivity index (χ4v) is 1.81. The van der Waals surface area contributed by atoms with Gasteiger partial charge >= 0.3 is 0 Å². The summed E-state index contributed by atoms with van der Waals surface area (Å²) in [6.45, 7) is 3.31. The largest absolute Gasteiger partial charge is 0.494 e. The molecule has 2 aromatic carbocycles. The number of hydrogen-bond donors (Lipinski definition) is 1. The van der Waals surface area contributed by atoms with Crippen LogP contribution in [0.15, 0.2) is 48.5 Å². The van der Waals surface area contributed by atoms with Crippen molar-refractivity contribution in [2.45, 2.75) is 13.3 Å². The summed E-state index contributed by atoms with van der Waals surface area (Å²) < 4.78 is 11.1. The fraction of sp³-hybridized carbons (Fsp3) is 0.250. The molecule has 2 N–H and O–H groups in total. The van der Waals surface area contributed by atoms with Crippen molar-refractivity contribution >= 4 is 5.69 Å². The molecule has 0 amide bonds. The minimum atomic E-state index is 0.636. The van der Waals surface area contributed by atoms with Crippen LogP contribution in [0, 0.1) is 0 Å². The Morgan fingerprint density at radius 3 is 2.42 bits per heavy atom. The Bertz CT molecular complexity index is 508. The lowest BCUT2D eigenvalue weighted by molar-refractivity contribution is 0.321. The van der Waals surface area contributed by atoms with E-state index in [4.69, 9.17) is 15.2 Å². The monoisotopic (exact) mass is 257 g/mol. The Labute approximate surface area is 114 Å². The first kappa shape index (κ1) is 13.3. The van der Waals surface area contributed by atoms with Crippen molar-refractivity contribution in [1.82, 2.24) is 0 Å². The Morgan fingerprint density at radius 2 is 1.74 bits per heavy atom. The van der Waals surface area contributed by atoms with E-state index < -0.39 is 0 Å².